The van der Waals surface area contributed by atoms with Gasteiger partial charge in [-0.3, -0.25) is 0 Å². The molecule has 1 aromatic heterocycles. The highest BCUT2D eigenvalue weighted by atomic mass is 16.5. The summed E-state index contributed by atoms with van der Waals surface area (Å²) in [6.45, 7) is 6.34. The summed E-state index contributed by atoms with van der Waals surface area (Å²) < 4.78 is 5.43. The number of hydrogen-bond donors (Lipinski definition) is 1. The molecule has 0 saturated heterocycles. The summed E-state index contributed by atoms with van der Waals surface area (Å²) in [5.41, 5.74) is 2.52. The Kier molecular flexibility index (Phi) is 3.99. The van der Waals surface area contributed by atoms with Gasteiger partial charge in [0, 0.05) is 18.5 Å². The van der Waals surface area contributed by atoms with Crippen LogP contribution in [0.2, 0.25) is 0 Å². The minimum atomic E-state index is 0.686. The van der Waals surface area contributed by atoms with E-state index in [0.29, 0.717) is 5.92 Å². The summed E-state index contributed by atoms with van der Waals surface area (Å²) in [7, 11) is 0. The smallest absolute Gasteiger partial charge is 0.140 e. The molecule has 0 atom stereocenters. The fourth-order valence-electron chi connectivity index (χ4n) is 2.24. The van der Waals surface area contributed by atoms with Gasteiger partial charge in [0.2, 0.25) is 0 Å². The van der Waals surface area contributed by atoms with Gasteiger partial charge in [-0.2, -0.15) is 0 Å². The Morgan fingerprint density at radius 2 is 2.06 bits per heavy atom. The SMILES string of the molecule is CC(C)CNCc1noc2c1CCCCC2. The maximum absolute atomic E-state index is 5.43. The van der Waals surface area contributed by atoms with E-state index < -0.39 is 0 Å². The quantitative estimate of drug-likeness (QED) is 0.796. The molecule has 0 unspecified atom stereocenters. The highest BCUT2D eigenvalue weighted by molar-refractivity contribution is 5.24. The molecule has 3 heteroatoms. The monoisotopic (exact) mass is 222 g/mol. The van der Waals surface area contributed by atoms with E-state index in [9.17, 15) is 0 Å². The number of hydrogen-bond acceptors (Lipinski definition) is 3. The van der Waals surface area contributed by atoms with Gasteiger partial charge in [-0.15, -0.1) is 0 Å². The number of nitrogens with one attached hydrogen (secondary N) is 1. The highest BCUT2D eigenvalue weighted by Gasteiger charge is 2.17. The molecule has 0 saturated carbocycles. The number of aromatic nitrogens is 1. The summed E-state index contributed by atoms with van der Waals surface area (Å²) in [5.74, 6) is 1.82. The fraction of sp³-hybridized carbons (Fsp3) is 0.769. The molecule has 1 N–H and O–H groups in total. The number of aryl methyl sites for hydroxylation is 1. The fourth-order valence-corrected chi connectivity index (χ4v) is 2.24. The second-order valence-electron chi connectivity index (χ2n) is 5.12. The summed E-state index contributed by atoms with van der Waals surface area (Å²) in [4.78, 5) is 0. The van der Waals surface area contributed by atoms with E-state index in [1.165, 1.54) is 24.8 Å². The minimum absolute atomic E-state index is 0.686. The maximum atomic E-state index is 5.43. The number of rotatable bonds is 4. The minimum Gasteiger partial charge on any atom is -0.361 e. The molecule has 1 aliphatic carbocycles. The zero-order chi connectivity index (χ0) is 11.4. The van der Waals surface area contributed by atoms with E-state index in [1.54, 1.807) is 0 Å². The predicted molar refractivity (Wildman–Crippen MR) is 64.3 cm³/mol. The molecular formula is C13H22N2O. The normalized spacial score (nSPS) is 16.2. The molecule has 0 radical (unpaired) electrons. The van der Waals surface area contributed by atoms with Crippen molar-refractivity contribution in [1.29, 1.82) is 0 Å². The first-order valence-corrected chi connectivity index (χ1v) is 6.44. The molecule has 0 spiro atoms. The van der Waals surface area contributed by atoms with Crippen molar-refractivity contribution in [2.24, 2.45) is 5.92 Å². The molecule has 1 aromatic rings. The van der Waals surface area contributed by atoms with E-state index >= 15 is 0 Å². The van der Waals surface area contributed by atoms with Gasteiger partial charge in [-0.25, -0.2) is 0 Å². The lowest BCUT2D eigenvalue weighted by atomic mass is 10.1. The second-order valence-corrected chi connectivity index (χ2v) is 5.12. The van der Waals surface area contributed by atoms with Gasteiger partial charge in [0.05, 0.1) is 0 Å². The van der Waals surface area contributed by atoms with Crippen LogP contribution in [-0.4, -0.2) is 11.7 Å². The van der Waals surface area contributed by atoms with E-state index in [4.69, 9.17) is 4.52 Å². The summed E-state index contributed by atoms with van der Waals surface area (Å²) in [6, 6.07) is 0. The molecular weight excluding hydrogens is 200 g/mol. The Hall–Kier alpha value is -0.830. The van der Waals surface area contributed by atoms with Gasteiger partial charge < -0.3 is 9.84 Å². The Balaban J connectivity index is 1.96. The second kappa shape index (κ2) is 5.48. The zero-order valence-electron chi connectivity index (χ0n) is 10.4. The van der Waals surface area contributed by atoms with Crippen molar-refractivity contribution in [2.75, 3.05) is 6.54 Å². The van der Waals surface area contributed by atoms with Crippen molar-refractivity contribution >= 4 is 0 Å². The van der Waals surface area contributed by atoms with Gasteiger partial charge >= 0.3 is 0 Å². The lowest BCUT2D eigenvalue weighted by Gasteiger charge is -2.06. The molecule has 0 amide bonds. The van der Waals surface area contributed by atoms with Crippen LogP contribution in [-0.2, 0) is 19.4 Å². The van der Waals surface area contributed by atoms with Crippen molar-refractivity contribution in [3.05, 3.63) is 17.0 Å². The molecule has 1 aliphatic rings. The van der Waals surface area contributed by atoms with Crippen molar-refractivity contribution in [3.63, 3.8) is 0 Å². The lowest BCUT2D eigenvalue weighted by Crippen LogP contribution is -2.19. The van der Waals surface area contributed by atoms with Crippen LogP contribution < -0.4 is 5.32 Å². The molecule has 0 fully saturated rings. The van der Waals surface area contributed by atoms with Crippen LogP contribution in [0, 0.1) is 5.92 Å². The van der Waals surface area contributed by atoms with E-state index in [1.807, 2.05) is 0 Å². The average Bonchev–Trinajstić information content (AvgIpc) is 2.49. The molecule has 3 nitrogen and oxygen atoms in total. The summed E-state index contributed by atoms with van der Waals surface area (Å²) >= 11 is 0. The van der Waals surface area contributed by atoms with Gasteiger partial charge in [-0.1, -0.05) is 25.4 Å². The van der Waals surface area contributed by atoms with Gasteiger partial charge in [0.1, 0.15) is 11.5 Å². The van der Waals surface area contributed by atoms with E-state index in [2.05, 4.69) is 24.3 Å². The van der Waals surface area contributed by atoms with Crippen molar-refractivity contribution < 1.29 is 4.52 Å². The summed E-state index contributed by atoms with van der Waals surface area (Å²) in [5, 5.41) is 7.63. The average molecular weight is 222 g/mol. The lowest BCUT2D eigenvalue weighted by molar-refractivity contribution is 0.372. The number of fused-ring (bicyclic) bond motifs is 1. The van der Waals surface area contributed by atoms with Crippen LogP contribution in [0.5, 0.6) is 0 Å². The third-order valence-electron chi connectivity index (χ3n) is 3.13. The van der Waals surface area contributed by atoms with Crippen molar-refractivity contribution in [3.8, 4) is 0 Å². The van der Waals surface area contributed by atoms with Gasteiger partial charge in [0.15, 0.2) is 0 Å². The maximum Gasteiger partial charge on any atom is 0.140 e. The van der Waals surface area contributed by atoms with Gasteiger partial charge in [-0.05, 0) is 31.7 Å². The Labute approximate surface area is 97.6 Å². The number of nitrogens with zero attached hydrogens (tertiary/aromatic N) is 1. The Morgan fingerprint density at radius 3 is 2.88 bits per heavy atom. The molecule has 2 rings (SSSR count). The third kappa shape index (κ3) is 2.85. The summed E-state index contributed by atoms with van der Waals surface area (Å²) in [6.07, 6.45) is 6.08. The van der Waals surface area contributed by atoms with Crippen LogP contribution in [0.25, 0.3) is 0 Å². The Bertz CT molecular complexity index is 331. The van der Waals surface area contributed by atoms with Crippen LogP contribution in [0.1, 0.15) is 50.1 Å². The standard InChI is InChI=1S/C13H22N2O/c1-10(2)8-14-9-12-11-6-4-3-5-7-13(11)16-15-12/h10,14H,3-9H2,1-2H3. The van der Waals surface area contributed by atoms with Crippen LogP contribution in [0.15, 0.2) is 4.52 Å². The largest absolute Gasteiger partial charge is 0.361 e. The third-order valence-corrected chi connectivity index (χ3v) is 3.13. The molecule has 90 valence electrons. The first kappa shape index (κ1) is 11.6. The molecule has 0 aromatic carbocycles. The van der Waals surface area contributed by atoms with Gasteiger partial charge in [0.25, 0.3) is 0 Å². The zero-order valence-corrected chi connectivity index (χ0v) is 10.4. The molecule has 16 heavy (non-hydrogen) atoms. The van der Waals surface area contributed by atoms with Crippen LogP contribution >= 0.6 is 0 Å². The van der Waals surface area contributed by atoms with Crippen molar-refractivity contribution in [1.82, 2.24) is 10.5 Å². The molecule has 0 bridgehead atoms. The van der Waals surface area contributed by atoms with Crippen molar-refractivity contribution in [2.45, 2.75) is 52.5 Å². The topological polar surface area (TPSA) is 38.1 Å². The van der Waals surface area contributed by atoms with Crippen LogP contribution in [0.3, 0.4) is 0 Å². The van der Waals surface area contributed by atoms with E-state index in [-0.39, 0.29) is 0 Å². The first-order valence-electron chi connectivity index (χ1n) is 6.44. The molecule has 0 aliphatic heterocycles. The Morgan fingerprint density at radius 1 is 1.25 bits per heavy atom. The predicted octanol–water partition coefficient (Wildman–Crippen LogP) is 2.69. The van der Waals surface area contributed by atoms with E-state index in [0.717, 1.165) is 37.4 Å². The first-order chi connectivity index (χ1) is 7.77. The molecule has 1 heterocycles. The highest BCUT2D eigenvalue weighted by Crippen LogP contribution is 2.23. The van der Waals surface area contributed by atoms with Crippen LogP contribution in [0.4, 0.5) is 0 Å².